The van der Waals surface area contributed by atoms with Gasteiger partial charge >= 0.3 is 6.18 Å². The Morgan fingerprint density at radius 2 is 2.07 bits per heavy atom. The zero-order valence-corrected chi connectivity index (χ0v) is 15.3. The molecule has 3 aromatic heterocycles. The molecule has 1 amide bonds. The number of rotatable bonds is 5. The van der Waals surface area contributed by atoms with Crippen LogP contribution in [-0.4, -0.2) is 49.3 Å². The Balaban J connectivity index is 2.12. The van der Waals surface area contributed by atoms with E-state index in [0.717, 1.165) is 11.1 Å². The molecule has 0 unspecified atom stereocenters. The molecule has 3 rings (SSSR count). The first kappa shape index (κ1) is 20.0. The van der Waals surface area contributed by atoms with Crippen LogP contribution in [0.3, 0.4) is 0 Å². The quantitative estimate of drug-likeness (QED) is 0.662. The zero-order valence-electron chi connectivity index (χ0n) is 15.3. The topological polar surface area (TPSA) is 137 Å². The second kappa shape index (κ2) is 7.01. The van der Waals surface area contributed by atoms with E-state index >= 15 is 0 Å². The van der Waals surface area contributed by atoms with Crippen LogP contribution < -0.4 is 10.6 Å². The Kier molecular flexibility index (Phi) is 4.83. The minimum atomic E-state index is -4.62. The number of carbonyl (C=O) groups excluding carboxylic acids is 1. The summed E-state index contributed by atoms with van der Waals surface area (Å²) in [5, 5.41) is 17.2. The van der Waals surface area contributed by atoms with Gasteiger partial charge in [0.1, 0.15) is 23.8 Å². The molecular formula is C17H15F3N8O. The maximum absolute atomic E-state index is 13.1. The van der Waals surface area contributed by atoms with Crippen molar-refractivity contribution in [2.75, 3.05) is 11.4 Å². The van der Waals surface area contributed by atoms with E-state index in [9.17, 15) is 18.0 Å². The van der Waals surface area contributed by atoms with Crippen LogP contribution >= 0.6 is 0 Å². The van der Waals surface area contributed by atoms with Crippen molar-refractivity contribution in [1.29, 1.82) is 5.26 Å². The Morgan fingerprint density at radius 3 is 2.69 bits per heavy atom. The van der Waals surface area contributed by atoms with Gasteiger partial charge in [-0.3, -0.25) is 4.79 Å². The minimum Gasteiger partial charge on any atom is -0.368 e. The molecule has 0 bridgehead atoms. The third-order valence-electron chi connectivity index (χ3n) is 4.34. The van der Waals surface area contributed by atoms with Crippen LogP contribution in [-0.2, 0) is 4.79 Å². The first-order valence-electron chi connectivity index (χ1n) is 8.24. The fraction of sp³-hybridized carbons (Fsp3) is 0.294. The van der Waals surface area contributed by atoms with E-state index in [2.05, 4.69) is 25.1 Å². The molecule has 0 saturated heterocycles. The number of hydrogen-bond donors (Lipinski definition) is 2. The smallest absolute Gasteiger partial charge is 0.368 e. The number of anilines is 1. The standard InChI is InChI=1S/C17H15F3N8O/c1-16(2,15(22)29)28(8-17(18,19)20)12-7-25-27-14(26-12)11-6-24-13-10(11)3-9(4-21)5-23-13/h3,5-7H,8H2,1-2H3,(H2,22,29)(H,23,24). The maximum atomic E-state index is 13.1. The monoisotopic (exact) mass is 404 g/mol. The summed E-state index contributed by atoms with van der Waals surface area (Å²) in [7, 11) is 0. The van der Waals surface area contributed by atoms with Crippen LogP contribution in [0.4, 0.5) is 19.0 Å². The summed E-state index contributed by atoms with van der Waals surface area (Å²) in [4.78, 5) is 23.6. The van der Waals surface area contributed by atoms with Crippen LogP contribution in [0.5, 0.6) is 0 Å². The lowest BCUT2D eigenvalue weighted by Gasteiger charge is -2.37. The molecule has 0 aromatic carbocycles. The third kappa shape index (κ3) is 3.93. The first-order valence-corrected chi connectivity index (χ1v) is 8.24. The van der Waals surface area contributed by atoms with E-state index < -0.39 is 24.2 Å². The molecule has 150 valence electrons. The molecular weight excluding hydrogens is 389 g/mol. The summed E-state index contributed by atoms with van der Waals surface area (Å²) >= 11 is 0. The highest BCUT2D eigenvalue weighted by atomic mass is 19.4. The van der Waals surface area contributed by atoms with E-state index in [-0.39, 0.29) is 17.2 Å². The van der Waals surface area contributed by atoms with Crippen LogP contribution in [0.25, 0.3) is 22.4 Å². The van der Waals surface area contributed by atoms with Gasteiger partial charge in [0, 0.05) is 23.3 Å². The number of halogens is 3. The largest absolute Gasteiger partial charge is 0.406 e. The number of fused-ring (bicyclic) bond motifs is 1. The molecule has 0 aliphatic carbocycles. The molecule has 12 heteroatoms. The number of carbonyl (C=O) groups is 1. The second-order valence-electron chi connectivity index (χ2n) is 6.70. The van der Waals surface area contributed by atoms with E-state index in [4.69, 9.17) is 11.0 Å². The van der Waals surface area contributed by atoms with Gasteiger partial charge in [-0.2, -0.15) is 23.5 Å². The molecule has 3 N–H and O–H groups in total. The van der Waals surface area contributed by atoms with Gasteiger partial charge in [-0.25, -0.2) is 9.97 Å². The molecule has 3 heterocycles. The van der Waals surface area contributed by atoms with Crippen molar-refractivity contribution in [2.24, 2.45) is 5.73 Å². The van der Waals surface area contributed by atoms with Gasteiger partial charge in [-0.1, -0.05) is 0 Å². The van der Waals surface area contributed by atoms with Gasteiger partial charge in [-0.15, -0.1) is 5.10 Å². The Bertz CT molecular complexity index is 1120. The number of amides is 1. The molecule has 29 heavy (non-hydrogen) atoms. The predicted octanol–water partition coefficient (Wildman–Crippen LogP) is 1.92. The van der Waals surface area contributed by atoms with Crippen molar-refractivity contribution in [2.45, 2.75) is 25.6 Å². The average molecular weight is 404 g/mol. The van der Waals surface area contributed by atoms with E-state index in [0.29, 0.717) is 16.6 Å². The second-order valence-corrected chi connectivity index (χ2v) is 6.70. The molecule has 0 aliphatic heterocycles. The number of alkyl halides is 3. The number of nitrogens with two attached hydrogens (primary N) is 1. The molecule has 0 fully saturated rings. The van der Waals surface area contributed by atoms with Crippen molar-refractivity contribution in [3.63, 3.8) is 0 Å². The number of hydrogen-bond acceptors (Lipinski definition) is 7. The van der Waals surface area contributed by atoms with Gasteiger partial charge in [0.25, 0.3) is 0 Å². The predicted molar refractivity (Wildman–Crippen MR) is 96.3 cm³/mol. The lowest BCUT2D eigenvalue weighted by molar-refractivity contribution is -0.129. The molecule has 3 aromatic rings. The molecule has 0 radical (unpaired) electrons. The Hall–Kier alpha value is -3.75. The van der Waals surface area contributed by atoms with Crippen molar-refractivity contribution in [3.8, 4) is 17.5 Å². The van der Waals surface area contributed by atoms with Crippen LogP contribution in [0.2, 0.25) is 0 Å². The fourth-order valence-corrected chi connectivity index (χ4v) is 2.67. The normalized spacial score (nSPS) is 12.0. The van der Waals surface area contributed by atoms with Crippen molar-refractivity contribution in [3.05, 3.63) is 30.2 Å². The van der Waals surface area contributed by atoms with Crippen molar-refractivity contribution in [1.82, 2.24) is 25.1 Å². The lowest BCUT2D eigenvalue weighted by Crippen LogP contribution is -2.56. The fourth-order valence-electron chi connectivity index (χ4n) is 2.67. The third-order valence-corrected chi connectivity index (χ3v) is 4.34. The molecule has 0 aliphatic rings. The SMILES string of the molecule is CC(C)(C(N)=O)N(CC(F)(F)F)c1cnnc(-c2c[nH]c3ncc(C#N)cc23)n1. The van der Waals surface area contributed by atoms with Crippen molar-refractivity contribution < 1.29 is 18.0 Å². The molecule has 0 spiro atoms. The zero-order chi connectivity index (χ0) is 21.4. The Labute approximate surface area is 162 Å². The van der Waals surface area contributed by atoms with Crippen LogP contribution in [0, 0.1) is 11.3 Å². The Morgan fingerprint density at radius 1 is 1.34 bits per heavy atom. The number of aromatic amines is 1. The maximum Gasteiger partial charge on any atom is 0.406 e. The van der Waals surface area contributed by atoms with E-state index in [1.165, 1.54) is 26.2 Å². The highest BCUT2D eigenvalue weighted by Gasteiger charge is 2.41. The summed E-state index contributed by atoms with van der Waals surface area (Å²) < 4.78 is 39.4. The number of nitrogens with one attached hydrogen (secondary N) is 1. The summed E-state index contributed by atoms with van der Waals surface area (Å²) in [6.07, 6.45) is -0.719. The van der Waals surface area contributed by atoms with E-state index in [1.807, 2.05) is 6.07 Å². The number of primary amides is 1. The summed E-state index contributed by atoms with van der Waals surface area (Å²) in [5.41, 5.74) is 4.74. The first-order chi connectivity index (χ1) is 13.5. The van der Waals surface area contributed by atoms with Crippen LogP contribution in [0.15, 0.2) is 24.7 Å². The number of nitrogens with zero attached hydrogens (tertiary/aromatic N) is 6. The highest BCUT2D eigenvalue weighted by molar-refractivity contribution is 5.92. The summed E-state index contributed by atoms with van der Waals surface area (Å²) in [6.45, 7) is 1.06. The van der Waals surface area contributed by atoms with Crippen LogP contribution in [0.1, 0.15) is 19.4 Å². The summed E-state index contributed by atoms with van der Waals surface area (Å²) in [5.74, 6) is -1.19. The molecule has 0 saturated carbocycles. The van der Waals surface area contributed by atoms with Gasteiger partial charge in [0.15, 0.2) is 11.6 Å². The molecule has 0 atom stereocenters. The highest BCUT2D eigenvalue weighted by Crippen LogP contribution is 2.30. The number of pyridine rings is 1. The van der Waals surface area contributed by atoms with Gasteiger partial charge < -0.3 is 15.6 Å². The average Bonchev–Trinajstić information content (AvgIpc) is 3.08. The number of aromatic nitrogens is 5. The van der Waals surface area contributed by atoms with E-state index in [1.54, 1.807) is 6.07 Å². The number of nitriles is 1. The minimum absolute atomic E-state index is 0.00177. The molecule has 9 nitrogen and oxygen atoms in total. The van der Waals surface area contributed by atoms with Crippen molar-refractivity contribution >= 4 is 22.8 Å². The van der Waals surface area contributed by atoms with Gasteiger partial charge in [0.05, 0.1) is 11.8 Å². The van der Waals surface area contributed by atoms with Gasteiger partial charge in [0.2, 0.25) is 5.91 Å². The lowest BCUT2D eigenvalue weighted by atomic mass is 10.0. The summed E-state index contributed by atoms with van der Waals surface area (Å²) in [6, 6.07) is 3.50. The van der Waals surface area contributed by atoms with Gasteiger partial charge in [-0.05, 0) is 19.9 Å². The number of H-pyrrole nitrogens is 1.